The summed E-state index contributed by atoms with van der Waals surface area (Å²) in [5.41, 5.74) is 2.27. The summed E-state index contributed by atoms with van der Waals surface area (Å²) >= 11 is 0. The van der Waals surface area contributed by atoms with Crippen LogP contribution in [0.3, 0.4) is 0 Å². The van der Waals surface area contributed by atoms with Crippen molar-refractivity contribution < 1.29 is 9.53 Å². The van der Waals surface area contributed by atoms with E-state index in [2.05, 4.69) is 20.2 Å². The topological polar surface area (TPSA) is 67.4 Å². The average molecular weight is 326 g/mol. The Morgan fingerprint density at radius 2 is 2.17 bits per heavy atom. The molecule has 1 unspecified atom stereocenters. The Morgan fingerprint density at radius 3 is 2.83 bits per heavy atom. The first-order valence-corrected chi connectivity index (χ1v) is 8.21. The molecule has 1 aliphatic heterocycles. The molecule has 1 aliphatic rings. The summed E-state index contributed by atoms with van der Waals surface area (Å²) in [6, 6.07) is 7.83. The van der Waals surface area contributed by atoms with Crippen LogP contribution in [0.2, 0.25) is 0 Å². The molecule has 3 rings (SSSR count). The van der Waals surface area contributed by atoms with Crippen LogP contribution in [0.1, 0.15) is 18.4 Å². The van der Waals surface area contributed by atoms with Crippen molar-refractivity contribution >= 4 is 17.4 Å². The Morgan fingerprint density at radius 1 is 1.33 bits per heavy atom. The van der Waals surface area contributed by atoms with Crippen molar-refractivity contribution in [3.05, 3.63) is 48.4 Å². The highest BCUT2D eigenvalue weighted by Crippen LogP contribution is 2.17. The van der Waals surface area contributed by atoms with Gasteiger partial charge in [0.2, 0.25) is 0 Å². The van der Waals surface area contributed by atoms with E-state index >= 15 is 0 Å². The van der Waals surface area contributed by atoms with E-state index in [4.69, 9.17) is 4.74 Å². The van der Waals surface area contributed by atoms with Crippen LogP contribution in [-0.2, 0) is 16.0 Å². The standard InChI is InChI=1S/C18H22N4O2/c1-22(11-8-14-6-9-19-10-7-14)15-4-5-17(20-13-15)21-18(23)16-3-2-12-24-16/h4-7,9-10,13,16H,2-3,8,11-12H2,1H3,(H,20,21,23). The van der Waals surface area contributed by atoms with Crippen molar-refractivity contribution in [2.75, 3.05) is 30.4 Å². The van der Waals surface area contributed by atoms with Gasteiger partial charge in [0.1, 0.15) is 11.9 Å². The Balaban J connectivity index is 1.52. The molecule has 3 heterocycles. The van der Waals surface area contributed by atoms with Crippen LogP contribution in [0.5, 0.6) is 0 Å². The van der Waals surface area contributed by atoms with Crippen LogP contribution < -0.4 is 10.2 Å². The predicted molar refractivity (Wildman–Crippen MR) is 93.1 cm³/mol. The van der Waals surface area contributed by atoms with Gasteiger partial charge in [-0.05, 0) is 49.1 Å². The molecule has 6 heteroatoms. The molecular weight excluding hydrogens is 304 g/mol. The molecule has 6 nitrogen and oxygen atoms in total. The molecule has 0 radical (unpaired) electrons. The average Bonchev–Trinajstić information content (AvgIpc) is 3.16. The van der Waals surface area contributed by atoms with E-state index in [1.54, 1.807) is 6.20 Å². The fourth-order valence-electron chi connectivity index (χ4n) is 2.65. The van der Waals surface area contributed by atoms with E-state index in [0.29, 0.717) is 12.4 Å². The highest BCUT2D eigenvalue weighted by atomic mass is 16.5. The molecule has 0 saturated carbocycles. The zero-order valence-corrected chi connectivity index (χ0v) is 13.8. The van der Waals surface area contributed by atoms with E-state index in [9.17, 15) is 4.79 Å². The van der Waals surface area contributed by atoms with Crippen molar-refractivity contribution in [1.82, 2.24) is 9.97 Å². The van der Waals surface area contributed by atoms with Crippen LogP contribution in [0.4, 0.5) is 11.5 Å². The zero-order valence-electron chi connectivity index (χ0n) is 13.8. The number of amides is 1. The molecule has 1 saturated heterocycles. The highest BCUT2D eigenvalue weighted by molar-refractivity contribution is 5.93. The SMILES string of the molecule is CN(CCc1ccncc1)c1ccc(NC(=O)C2CCCO2)nc1. The fourth-order valence-corrected chi connectivity index (χ4v) is 2.65. The molecule has 2 aromatic heterocycles. The minimum Gasteiger partial charge on any atom is -0.373 e. The first kappa shape index (κ1) is 16.4. The molecule has 0 spiro atoms. The van der Waals surface area contributed by atoms with E-state index in [1.807, 2.05) is 43.7 Å². The predicted octanol–water partition coefficient (Wildman–Crippen LogP) is 2.27. The minimum absolute atomic E-state index is 0.112. The number of nitrogens with one attached hydrogen (secondary N) is 1. The van der Waals surface area contributed by atoms with Crippen molar-refractivity contribution in [3.63, 3.8) is 0 Å². The number of nitrogens with zero attached hydrogens (tertiary/aromatic N) is 3. The third-order valence-electron chi connectivity index (χ3n) is 4.15. The van der Waals surface area contributed by atoms with Gasteiger partial charge in [-0.1, -0.05) is 0 Å². The molecular formula is C18H22N4O2. The van der Waals surface area contributed by atoms with Crippen molar-refractivity contribution in [1.29, 1.82) is 0 Å². The lowest BCUT2D eigenvalue weighted by atomic mass is 10.2. The van der Waals surface area contributed by atoms with Gasteiger partial charge in [0.15, 0.2) is 0 Å². The number of ether oxygens (including phenoxy) is 1. The first-order valence-electron chi connectivity index (χ1n) is 8.21. The number of likely N-dealkylation sites (N-methyl/N-ethyl adjacent to an activating group) is 1. The van der Waals surface area contributed by atoms with Crippen molar-refractivity contribution in [2.24, 2.45) is 0 Å². The van der Waals surface area contributed by atoms with Crippen LogP contribution in [0, 0.1) is 0 Å². The Hall–Kier alpha value is -2.47. The number of hydrogen-bond donors (Lipinski definition) is 1. The number of aromatic nitrogens is 2. The smallest absolute Gasteiger partial charge is 0.254 e. The molecule has 2 aromatic rings. The summed E-state index contributed by atoms with van der Waals surface area (Å²) in [5.74, 6) is 0.445. The monoisotopic (exact) mass is 326 g/mol. The third kappa shape index (κ3) is 4.29. The lowest BCUT2D eigenvalue weighted by Gasteiger charge is -2.19. The number of anilines is 2. The minimum atomic E-state index is -0.338. The largest absolute Gasteiger partial charge is 0.373 e. The van der Waals surface area contributed by atoms with E-state index in [0.717, 1.165) is 31.5 Å². The second-order valence-electron chi connectivity index (χ2n) is 5.92. The summed E-state index contributed by atoms with van der Waals surface area (Å²) in [6.07, 6.45) is 7.71. The summed E-state index contributed by atoms with van der Waals surface area (Å²) in [6.45, 7) is 1.54. The molecule has 0 aliphatic carbocycles. The molecule has 0 bridgehead atoms. The van der Waals surface area contributed by atoms with Gasteiger partial charge < -0.3 is 15.0 Å². The Labute approximate surface area is 141 Å². The lowest BCUT2D eigenvalue weighted by Crippen LogP contribution is -2.27. The molecule has 0 aromatic carbocycles. The van der Waals surface area contributed by atoms with Gasteiger partial charge in [0.25, 0.3) is 5.91 Å². The summed E-state index contributed by atoms with van der Waals surface area (Å²) in [4.78, 5) is 22.5. The normalized spacial score (nSPS) is 16.8. The number of carbonyl (C=O) groups excluding carboxylic acids is 1. The van der Waals surface area contributed by atoms with Gasteiger partial charge in [0.05, 0.1) is 11.9 Å². The maximum Gasteiger partial charge on any atom is 0.254 e. The maximum absolute atomic E-state index is 12.0. The van der Waals surface area contributed by atoms with Crippen LogP contribution >= 0.6 is 0 Å². The van der Waals surface area contributed by atoms with Crippen LogP contribution in [0.25, 0.3) is 0 Å². The third-order valence-corrected chi connectivity index (χ3v) is 4.15. The van der Waals surface area contributed by atoms with Gasteiger partial charge >= 0.3 is 0 Å². The quantitative estimate of drug-likeness (QED) is 0.882. The van der Waals surface area contributed by atoms with Crippen LogP contribution in [-0.4, -0.2) is 42.2 Å². The fraction of sp³-hybridized carbons (Fsp3) is 0.389. The summed E-state index contributed by atoms with van der Waals surface area (Å²) in [5, 5.41) is 2.81. The molecule has 1 fully saturated rings. The molecule has 1 amide bonds. The Bertz CT molecular complexity index is 654. The zero-order chi connectivity index (χ0) is 16.8. The number of carbonyl (C=O) groups is 1. The van der Waals surface area contributed by atoms with Gasteiger partial charge in [0, 0.05) is 32.6 Å². The molecule has 1 atom stereocenters. The van der Waals surface area contributed by atoms with Gasteiger partial charge in [-0.25, -0.2) is 4.98 Å². The lowest BCUT2D eigenvalue weighted by molar-refractivity contribution is -0.124. The summed E-state index contributed by atoms with van der Waals surface area (Å²) in [7, 11) is 2.03. The molecule has 126 valence electrons. The molecule has 24 heavy (non-hydrogen) atoms. The van der Waals surface area contributed by atoms with E-state index < -0.39 is 0 Å². The number of rotatable bonds is 6. The van der Waals surface area contributed by atoms with Gasteiger partial charge in [-0.15, -0.1) is 0 Å². The van der Waals surface area contributed by atoms with Crippen molar-refractivity contribution in [2.45, 2.75) is 25.4 Å². The second kappa shape index (κ2) is 7.88. The molecule has 1 N–H and O–H groups in total. The Kier molecular flexibility index (Phi) is 5.38. The van der Waals surface area contributed by atoms with Gasteiger partial charge in [-0.3, -0.25) is 9.78 Å². The van der Waals surface area contributed by atoms with E-state index in [-0.39, 0.29) is 12.0 Å². The highest BCUT2D eigenvalue weighted by Gasteiger charge is 2.23. The van der Waals surface area contributed by atoms with Crippen molar-refractivity contribution in [3.8, 4) is 0 Å². The first-order chi connectivity index (χ1) is 11.7. The number of hydrogen-bond acceptors (Lipinski definition) is 5. The number of pyridine rings is 2. The van der Waals surface area contributed by atoms with Gasteiger partial charge in [-0.2, -0.15) is 0 Å². The maximum atomic E-state index is 12.0. The van der Waals surface area contributed by atoms with Crippen LogP contribution in [0.15, 0.2) is 42.9 Å². The second-order valence-corrected chi connectivity index (χ2v) is 5.92. The van der Waals surface area contributed by atoms with E-state index in [1.165, 1.54) is 5.56 Å². The summed E-state index contributed by atoms with van der Waals surface area (Å²) < 4.78 is 5.37.